The average molecular weight is 244 g/mol. The summed E-state index contributed by atoms with van der Waals surface area (Å²) in [5, 5.41) is 8.39. The molecule has 0 fully saturated rings. The van der Waals surface area contributed by atoms with Gasteiger partial charge in [-0.1, -0.05) is 39.0 Å². The van der Waals surface area contributed by atoms with Gasteiger partial charge < -0.3 is 5.11 Å². The van der Waals surface area contributed by atoms with Gasteiger partial charge in [0.05, 0.1) is 0 Å². The standard InChI is InChI=1S/C12H18FO2P/c1-11(2,3)12(4,14)16(13,15)10-8-6-5-7-9-10/h5-9,14H,1-4H3. The Kier molecular flexibility index (Phi) is 3.33. The maximum atomic E-state index is 14.4. The molecule has 1 aromatic rings. The van der Waals surface area contributed by atoms with Crippen molar-refractivity contribution in [2.24, 2.45) is 5.41 Å². The van der Waals surface area contributed by atoms with Crippen LogP contribution in [0.15, 0.2) is 30.3 Å². The van der Waals surface area contributed by atoms with Gasteiger partial charge >= 0.3 is 7.45 Å². The quantitative estimate of drug-likeness (QED) is 0.810. The van der Waals surface area contributed by atoms with E-state index in [9.17, 15) is 13.9 Å². The van der Waals surface area contributed by atoms with Crippen LogP contribution in [0.3, 0.4) is 0 Å². The van der Waals surface area contributed by atoms with Crippen molar-refractivity contribution in [3.8, 4) is 0 Å². The maximum absolute atomic E-state index is 14.4. The first-order valence-electron chi connectivity index (χ1n) is 5.18. The van der Waals surface area contributed by atoms with E-state index >= 15 is 0 Å². The molecule has 0 aliphatic heterocycles. The molecular formula is C12H18FO2P. The number of aliphatic hydroxyl groups is 1. The van der Waals surface area contributed by atoms with E-state index in [1.807, 2.05) is 0 Å². The van der Waals surface area contributed by atoms with Crippen molar-refractivity contribution >= 4 is 12.8 Å². The van der Waals surface area contributed by atoms with Gasteiger partial charge in [-0.25, -0.2) is 0 Å². The zero-order valence-electron chi connectivity index (χ0n) is 10.1. The highest BCUT2D eigenvalue weighted by molar-refractivity contribution is 7.67. The van der Waals surface area contributed by atoms with Crippen molar-refractivity contribution in [2.45, 2.75) is 33.0 Å². The van der Waals surface area contributed by atoms with Gasteiger partial charge in [-0.2, -0.15) is 4.20 Å². The Hall–Kier alpha value is -0.660. The van der Waals surface area contributed by atoms with Crippen LogP contribution in [0.4, 0.5) is 4.20 Å². The molecule has 90 valence electrons. The van der Waals surface area contributed by atoms with Gasteiger partial charge in [0.15, 0.2) is 5.34 Å². The van der Waals surface area contributed by atoms with Gasteiger partial charge in [0, 0.05) is 10.7 Å². The second kappa shape index (κ2) is 3.97. The molecule has 0 aliphatic rings. The number of halogens is 1. The fourth-order valence-corrected chi connectivity index (χ4v) is 3.22. The minimum Gasteiger partial charge on any atom is -0.379 e. The molecule has 0 heterocycles. The summed E-state index contributed by atoms with van der Waals surface area (Å²) >= 11 is 0. The smallest absolute Gasteiger partial charge is 0.302 e. The molecule has 2 nitrogen and oxygen atoms in total. The Morgan fingerprint density at radius 1 is 1.12 bits per heavy atom. The Morgan fingerprint density at radius 2 is 1.56 bits per heavy atom. The third-order valence-electron chi connectivity index (χ3n) is 3.07. The third-order valence-corrected chi connectivity index (χ3v) is 5.82. The highest BCUT2D eigenvalue weighted by Gasteiger charge is 2.52. The van der Waals surface area contributed by atoms with Crippen molar-refractivity contribution in [3.63, 3.8) is 0 Å². The first-order valence-corrected chi connectivity index (χ1v) is 6.78. The molecule has 1 rings (SSSR count). The highest BCUT2D eigenvalue weighted by Crippen LogP contribution is 2.63. The zero-order chi connectivity index (χ0) is 12.6. The molecular weight excluding hydrogens is 226 g/mol. The summed E-state index contributed by atoms with van der Waals surface area (Å²) in [7, 11) is -4.31. The topological polar surface area (TPSA) is 37.3 Å². The average Bonchev–Trinajstić information content (AvgIpc) is 2.17. The number of rotatable bonds is 2. The summed E-state index contributed by atoms with van der Waals surface area (Å²) in [4.78, 5) is 0. The third kappa shape index (κ3) is 2.07. The molecule has 0 saturated carbocycles. The summed E-state index contributed by atoms with van der Waals surface area (Å²) in [5.74, 6) is 0. The molecule has 0 saturated heterocycles. The van der Waals surface area contributed by atoms with Crippen LogP contribution in [0.5, 0.6) is 0 Å². The van der Waals surface area contributed by atoms with E-state index < -0.39 is 18.2 Å². The fraction of sp³-hybridized carbons (Fsp3) is 0.500. The fourth-order valence-electron chi connectivity index (χ4n) is 1.30. The van der Waals surface area contributed by atoms with Gasteiger partial charge in [0.2, 0.25) is 0 Å². The summed E-state index contributed by atoms with van der Waals surface area (Å²) in [6, 6.07) is 7.83. The van der Waals surface area contributed by atoms with Crippen molar-refractivity contribution in [1.82, 2.24) is 0 Å². The molecule has 0 aromatic heterocycles. The predicted molar refractivity (Wildman–Crippen MR) is 64.9 cm³/mol. The van der Waals surface area contributed by atoms with E-state index in [-0.39, 0.29) is 5.30 Å². The maximum Gasteiger partial charge on any atom is 0.302 e. The molecule has 16 heavy (non-hydrogen) atoms. The largest absolute Gasteiger partial charge is 0.379 e. The zero-order valence-corrected chi connectivity index (χ0v) is 11.0. The molecule has 1 aromatic carbocycles. The lowest BCUT2D eigenvalue weighted by Crippen LogP contribution is -2.41. The molecule has 4 heteroatoms. The number of hydrogen-bond acceptors (Lipinski definition) is 2. The SMILES string of the molecule is CC(C)(C)C(C)(O)P(=O)(F)c1ccccc1. The molecule has 0 amide bonds. The van der Waals surface area contributed by atoms with Crippen LogP contribution in [0.1, 0.15) is 27.7 Å². The van der Waals surface area contributed by atoms with E-state index in [4.69, 9.17) is 0 Å². The molecule has 0 bridgehead atoms. The van der Waals surface area contributed by atoms with Crippen LogP contribution in [0.25, 0.3) is 0 Å². The van der Waals surface area contributed by atoms with Crippen molar-refractivity contribution < 1.29 is 13.9 Å². The van der Waals surface area contributed by atoms with Gasteiger partial charge in [-0.05, 0) is 19.1 Å². The minimum atomic E-state index is -4.31. The van der Waals surface area contributed by atoms with E-state index in [2.05, 4.69) is 0 Å². The lowest BCUT2D eigenvalue weighted by Gasteiger charge is -2.38. The Labute approximate surface area is 96.0 Å². The van der Waals surface area contributed by atoms with Crippen LogP contribution in [0, 0.1) is 5.41 Å². The second-order valence-corrected chi connectivity index (χ2v) is 7.59. The summed E-state index contributed by atoms with van der Waals surface area (Å²) in [6.45, 7) is 6.30. The molecule has 0 spiro atoms. The first-order chi connectivity index (χ1) is 7.11. The molecule has 0 radical (unpaired) electrons. The Balaban J connectivity index is 3.28. The second-order valence-electron chi connectivity index (χ2n) is 5.14. The summed E-state index contributed by atoms with van der Waals surface area (Å²) < 4.78 is 26.6. The van der Waals surface area contributed by atoms with Crippen LogP contribution in [-0.4, -0.2) is 10.4 Å². The van der Waals surface area contributed by atoms with Gasteiger partial charge in [0.1, 0.15) is 0 Å². The minimum absolute atomic E-state index is 0.0647. The number of hydrogen-bond donors (Lipinski definition) is 1. The monoisotopic (exact) mass is 244 g/mol. The van der Waals surface area contributed by atoms with Crippen molar-refractivity contribution in [1.29, 1.82) is 0 Å². The summed E-state index contributed by atoms with van der Waals surface area (Å²) in [6.07, 6.45) is 0. The van der Waals surface area contributed by atoms with Gasteiger partial charge in [-0.3, -0.25) is 4.57 Å². The molecule has 0 aliphatic carbocycles. The van der Waals surface area contributed by atoms with E-state index in [0.717, 1.165) is 0 Å². The number of benzene rings is 1. The summed E-state index contributed by atoms with van der Waals surface area (Å²) in [5.41, 5.74) is -0.798. The van der Waals surface area contributed by atoms with Crippen LogP contribution >= 0.6 is 7.45 Å². The molecule has 2 atom stereocenters. The van der Waals surface area contributed by atoms with E-state index in [0.29, 0.717) is 0 Å². The molecule has 1 N–H and O–H groups in total. The van der Waals surface area contributed by atoms with Crippen LogP contribution in [-0.2, 0) is 4.57 Å². The Morgan fingerprint density at radius 3 is 1.94 bits per heavy atom. The lowest BCUT2D eigenvalue weighted by atomic mass is 9.90. The predicted octanol–water partition coefficient (Wildman–Crippen LogP) is 3.31. The highest BCUT2D eigenvalue weighted by atomic mass is 31.2. The Bertz CT molecular complexity index is 407. The van der Waals surface area contributed by atoms with Gasteiger partial charge in [-0.15, -0.1) is 0 Å². The van der Waals surface area contributed by atoms with Crippen LogP contribution < -0.4 is 5.30 Å². The molecule has 2 unspecified atom stereocenters. The van der Waals surface area contributed by atoms with E-state index in [1.54, 1.807) is 39.0 Å². The van der Waals surface area contributed by atoms with Gasteiger partial charge in [0.25, 0.3) is 0 Å². The van der Waals surface area contributed by atoms with Crippen molar-refractivity contribution in [2.75, 3.05) is 0 Å². The first kappa shape index (κ1) is 13.4. The van der Waals surface area contributed by atoms with Crippen molar-refractivity contribution in [3.05, 3.63) is 30.3 Å². The van der Waals surface area contributed by atoms with E-state index in [1.165, 1.54) is 19.1 Å². The lowest BCUT2D eigenvalue weighted by molar-refractivity contribution is 0.0292. The normalized spacial score (nSPS) is 19.9. The van der Waals surface area contributed by atoms with Crippen LogP contribution in [0.2, 0.25) is 0 Å².